The number of aliphatic hydroxyl groups is 1. The van der Waals surface area contributed by atoms with Gasteiger partial charge in [-0.3, -0.25) is 9.59 Å². The lowest BCUT2D eigenvalue weighted by atomic mass is 10.1. The van der Waals surface area contributed by atoms with Crippen LogP contribution in [0.25, 0.3) is 0 Å². The number of amides is 1. The van der Waals surface area contributed by atoms with Crippen molar-refractivity contribution in [1.29, 1.82) is 0 Å². The second-order valence-electron chi connectivity index (χ2n) is 4.34. The first-order valence-electron chi connectivity index (χ1n) is 6.64. The Morgan fingerprint density at radius 3 is 2.56 bits per heavy atom. The van der Waals surface area contributed by atoms with E-state index in [2.05, 4.69) is 17.0 Å². The third kappa shape index (κ3) is 8.98. The summed E-state index contributed by atoms with van der Waals surface area (Å²) in [5.41, 5.74) is 0. The maximum absolute atomic E-state index is 11.4. The molecule has 0 saturated heterocycles. The summed E-state index contributed by atoms with van der Waals surface area (Å²) in [5, 5.41) is 12.2. The SMILES string of the molecule is CCCCCC[C@H](O)C(=O)NCCCC(=O)OC. The number of carbonyl (C=O) groups is 2. The number of hydrogen-bond donors (Lipinski definition) is 2. The average molecular weight is 259 g/mol. The first-order chi connectivity index (χ1) is 8.61. The molecule has 2 N–H and O–H groups in total. The molecule has 0 aromatic heterocycles. The van der Waals surface area contributed by atoms with Crippen molar-refractivity contribution in [2.75, 3.05) is 13.7 Å². The average Bonchev–Trinajstić information content (AvgIpc) is 2.38. The predicted octanol–water partition coefficient (Wildman–Crippen LogP) is 1.39. The minimum absolute atomic E-state index is 0.281. The summed E-state index contributed by atoms with van der Waals surface area (Å²) in [6.07, 6.45) is 4.56. The zero-order valence-electron chi connectivity index (χ0n) is 11.4. The summed E-state index contributed by atoms with van der Waals surface area (Å²) < 4.78 is 4.48. The second kappa shape index (κ2) is 11.0. The Morgan fingerprint density at radius 1 is 1.22 bits per heavy atom. The first kappa shape index (κ1) is 16.9. The van der Waals surface area contributed by atoms with Crippen molar-refractivity contribution in [2.45, 2.75) is 58.0 Å². The van der Waals surface area contributed by atoms with Crippen LogP contribution < -0.4 is 5.32 Å². The van der Waals surface area contributed by atoms with Crippen molar-refractivity contribution < 1.29 is 19.4 Å². The molecule has 5 heteroatoms. The summed E-state index contributed by atoms with van der Waals surface area (Å²) in [6.45, 7) is 2.50. The summed E-state index contributed by atoms with van der Waals surface area (Å²) in [7, 11) is 1.33. The third-order valence-electron chi connectivity index (χ3n) is 2.72. The molecule has 1 amide bonds. The highest BCUT2D eigenvalue weighted by Crippen LogP contribution is 2.05. The highest BCUT2D eigenvalue weighted by molar-refractivity contribution is 5.80. The fourth-order valence-corrected chi connectivity index (χ4v) is 1.56. The van der Waals surface area contributed by atoms with E-state index in [0.717, 1.165) is 25.7 Å². The molecule has 5 nitrogen and oxygen atoms in total. The van der Waals surface area contributed by atoms with Crippen LogP contribution in [-0.2, 0) is 14.3 Å². The van der Waals surface area contributed by atoms with Crippen LogP contribution in [0.4, 0.5) is 0 Å². The molecule has 106 valence electrons. The molecule has 0 spiro atoms. The Hall–Kier alpha value is -1.10. The number of nitrogens with one attached hydrogen (secondary N) is 1. The van der Waals surface area contributed by atoms with E-state index < -0.39 is 6.10 Å². The standard InChI is InChI=1S/C13H25NO4/c1-3-4-5-6-8-11(15)13(17)14-10-7-9-12(16)18-2/h11,15H,3-10H2,1-2H3,(H,14,17)/t11-/m0/s1. The van der Waals surface area contributed by atoms with E-state index in [1.165, 1.54) is 7.11 Å². The molecule has 18 heavy (non-hydrogen) atoms. The van der Waals surface area contributed by atoms with Gasteiger partial charge in [0.25, 0.3) is 0 Å². The van der Waals surface area contributed by atoms with Crippen LogP contribution in [0.2, 0.25) is 0 Å². The van der Waals surface area contributed by atoms with Gasteiger partial charge < -0.3 is 15.2 Å². The van der Waals surface area contributed by atoms with Gasteiger partial charge in [0.2, 0.25) is 5.91 Å². The summed E-state index contributed by atoms with van der Waals surface area (Å²) in [5.74, 6) is -0.638. The largest absolute Gasteiger partial charge is 0.469 e. The van der Waals surface area contributed by atoms with E-state index in [1.54, 1.807) is 0 Å². The fraction of sp³-hybridized carbons (Fsp3) is 0.846. The lowest BCUT2D eigenvalue weighted by molar-refractivity contribution is -0.141. The van der Waals surface area contributed by atoms with E-state index in [-0.39, 0.29) is 18.3 Å². The Bertz CT molecular complexity index is 243. The van der Waals surface area contributed by atoms with Crippen LogP contribution in [0.3, 0.4) is 0 Å². The molecule has 0 heterocycles. The zero-order chi connectivity index (χ0) is 13.8. The van der Waals surface area contributed by atoms with Gasteiger partial charge in [0.1, 0.15) is 6.10 Å². The predicted molar refractivity (Wildman–Crippen MR) is 69.0 cm³/mol. The molecule has 0 radical (unpaired) electrons. The third-order valence-corrected chi connectivity index (χ3v) is 2.72. The number of methoxy groups -OCH3 is 1. The second-order valence-corrected chi connectivity index (χ2v) is 4.34. The normalized spacial score (nSPS) is 11.9. The van der Waals surface area contributed by atoms with E-state index in [1.807, 2.05) is 0 Å². The maximum atomic E-state index is 11.4. The lowest BCUT2D eigenvalue weighted by Gasteiger charge is -2.10. The van der Waals surface area contributed by atoms with E-state index in [9.17, 15) is 14.7 Å². The minimum Gasteiger partial charge on any atom is -0.469 e. The lowest BCUT2D eigenvalue weighted by Crippen LogP contribution is -2.35. The molecule has 0 rings (SSSR count). The Kier molecular flexibility index (Phi) is 10.3. The molecule has 0 aliphatic carbocycles. The van der Waals surface area contributed by atoms with Crippen molar-refractivity contribution in [3.05, 3.63) is 0 Å². The molecular formula is C13H25NO4. The van der Waals surface area contributed by atoms with Gasteiger partial charge >= 0.3 is 5.97 Å². The zero-order valence-corrected chi connectivity index (χ0v) is 11.4. The van der Waals surface area contributed by atoms with Crippen LogP contribution in [0.15, 0.2) is 0 Å². The maximum Gasteiger partial charge on any atom is 0.305 e. The Morgan fingerprint density at radius 2 is 1.94 bits per heavy atom. The van der Waals surface area contributed by atoms with Crippen LogP contribution in [0, 0.1) is 0 Å². The number of unbranched alkanes of at least 4 members (excludes halogenated alkanes) is 3. The van der Waals surface area contributed by atoms with E-state index >= 15 is 0 Å². The highest BCUT2D eigenvalue weighted by Gasteiger charge is 2.13. The molecule has 0 aliphatic rings. The molecule has 0 saturated carbocycles. The van der Waals surface area contributed by atoms with Gasteiger partial charge in [-0.15, -0.1) is 0 Å². The Balaban J connectivity index is 3.52. The smallest absolute Gasteiger partial charge is 0.305 e. The van der Waals surface area contributed by atoms with Crippen molar-refractivity contribution >= 4 is 11.9 Å². The van der Waals surface area contributed by atoms with Crippen molar-refractivity contribution in [3.8, 4) is 0 Å². The molecule has 0 fully saturated rings. The monoisotopic (exact) mass is 259 g/mol. The van der Waals surface area contributed by atoms with Gasteiger partial charge in [-0.05, 0) is 12.8 Å². The molecule has 0 bridgehead atoms. The van der Waals surface area contributed by atoms with Gasteiger partial charge in [-0.25, -0.2) is 0 Å². The number of carbonyl (C=O) groups excluding carboxylic acids is 2. The quantitative estimate of drug-likeness (QED) is 0.459. The van der Waals surface area contributed by atoms with Gasteiger partial charge in [0, 0.05) is 13.0 Å². The fourth-order valence-electron chi connectivity index (χ4n) is 1.56. The number of aliphatic hydroxyl groups excluding tert-OH is 1. The van der Waals surface area contributed by atoms with Crippen LogP contribution in [0.1, 0.15) is 51.9 Å². The molecule has 0 aliphatic heterocycles. The van der Waals surface area contributed by atoms with Crippen molar-refractivity contribution in [3.63, 3.8) is 0 Å². The van der Waals surface area contributed by atoms with Gasteiger partial charge in [0.05, 0.1) is 7.11 Å². The molecule has 1 atom stereocenters. The Labute approximate surface area is 109 Å². The van der Waals surface area contributed by atoms with Crippen LogP contribution in [-0.4, -0.2) is 36.7 Å². The van der Waals surface area contributed by atoms with Crippen molar-refractivity contribution in [2.24, 2.45) is 0 Å². The van der Waals surface area contributed by atoms with E-state index in [0.29, 0.717) is 19.4 Å². The summed E-state index contributed by atoms with van der Waals surface area (Å²) in [4.78, 5) is 22.3. The number of hydrogen-bond acceptors (Lipinski definition) is 4. The van der Waals surface area contributed by atoms with Crippen LogP contribution >= 0.6 is 0 Å². The van der Waals surface area contributed by atoms with Gasteiger partial charge in [0.15, 0.2) is 0 Å². The number of esters is 1. The molecular weight excluding hydrogens is 234 g/mol. The van der Waals surface area contributed by atoms with Gasteiger partial charge in [-0.1, -0.05) is 32.6 Å². The highest BCUT2D eigenvalue weighted by atomic mass is 16.5. The molecule has 0 aromatic rings. The van der Waals surface area contributed by atoms with Gasteiger partial charge in [-0.2, -0.15) is 0 Å². The summed E-state index contributed by atoms with van der Waals surface area (Å²) in [6, 6.07) is 0. The minimum atomic E-state index is -0.931. The number of rotatable bonds is 10. The molecule has 0 unspecified atom stereocenters. The first-order valence-corrected chi connectivity index (χ1v) is 6.64. The topological polar surface area (TPSA) is 75.6 Å². The number of ether oxygens (including phenoxy) is 1. The van der Waals surface area contributed by atoms with Crippen LogP contribution in [0.5, 0.6) is 0 Å². The molecule has 0 aromatic carbocycles. The van der Waals surface area contributed by atoms with Crippen molar-refractivity contribution in [1.82, 2.24) is 5.32 Å². The van der Waals surface area contributed by atoms with E-state index in [4.69, 9.17) is 0 Å². The summed E-state index contributed by atoms with van der Waals surface area (Å²) >= 11 is 0.